The standard InChI is InChI=1S/C33H58N6O7/c1-31(2,3)21(16-46-30(45)35-14-18-11-12-18)37-29(44)38-25(32(4,5)6)28(43)39-15-19-22(33(19,7)8)23(39)27(42)36-20(13-17-9-10-17)24(40)26(34)41/h17-23,25,28-29,37-38,43-44H,9-16H2,1-8H3,(H2,34,41)(H,35,45)(H,36,42)/t19-,20?,21+,22-,23?,25?,28?,29?/m0/s1. The molecule has 0 aromatic heterocycles. The summed E-state index contributed by atoms with van der Waals surface area (Å²) in [5.74, 6) is -1.39. The minimum atomic E-state index is -1.28. The van der Waals surface area contributed by atoms with Crippen molar-refractivity contribution in [2.24, 2.45) is 45.7 Å². The van der Waals surface area contributed by atoms with Crippen LogP contribution in [0.1, 0.15) is 87.5 Å². The maximum absolute atomic E-state index is 13.9. The zero-order valence-electron chi connectivity index (χ0n) is 28.9. The monoisotopic (exact) mass is 650 g/mol. The lowest BCUT2D eigenvalue weighted by Crippen LogP contribution is -2.65. The van der Waals surface area contributed by atoms with Crippen molar-refractivity contribution < 1.29 is 34.1 Å². The average molecular weight is 651 g/mol. The molecule has 0 radical (unpaired) electrons. The number of piperidine rings is 1. The highest BCUT2D eigenvalue weighted by Crippen LogP contribution is 2.65. The number of nitrogens with one attached hydrogen (secondary N) is 4. The predicted molar refractivity (Wildman–Crippen MR) is 172 cm³/mol. The average Bonchev–Trinajstić information content (AvgIpc) is 3.89. The fourth-order valence-electron chi connectivity index (χ4n) is 6.93. The number of fused-ring (bicyclic) bond motifs is 1. The van der Waals surface area contributed by atoms with Crippen LogP contribution in [0, 0.1) is 39.9 Å². The predicted octanol–water partition coefficient (Wildman–Crippen LogP) is 1.02. The van der Waals surface area contributed by atoms with Crippen molar-refractivity contribution in [1.82, 2.24) is 26.2 Å². The van der Waals surface area contributed by atoms with Crippen LogP contribution < -0.4 is 27.0 Å². The second-order valence-electron chi connectivity index (χ2n) is 16.9. The molecule has 8 N–H and O–H groups in total. The van der Waals surface area contributed by atoms with Crippen molar-refractivity contribution in [2.45, 2.75) is 124 Å². The Kier molecular flexibility index (Phi) is 10.8. The second kappa shape index (κ2) is 13.7. The SMILES string of the molecule is CC(C)(C)C(NC(O)N[C@H](COC(=O)NCC1CC1)C(C)(C)C)C(O)N1C[C@H]2[C@@H](C1C(=O)NC(CC1CC1)C(=O)C(N)=O)C2(C)C. The zero-order valence-corrected chi connectivity index (χ0v) is 28.9. The normalized spacial score (nSPS) is 27.5. The van der Waals surface area contributed by atoms with Crippen molar-refractivity contribution in [1.29, 1.82) is 0 Å². The molecule has 262 valence electrons. The van der Waals surface area contributed by atoms with Crippen molar-refractivity contribution >= 4 is 23.7 Å². The lowest BCUT2D eigenvalue weighted by molar-refractivity contribution is -0.142. The largest absolute Gasteiger partial charge is 0.448 e. The number of ketones is 1. The van der Waals surface area contributed by atoms with E-state index in [9.17, 15) is 29.4 Å². The Morgan fingerprint density at radius 1 is 0.957 bits per heavy atom. The molecule has 3 saturated carbocycles. The van der Waals surface area contributed by atoms with Gasteiger partial charge in [-0.3, -0.25) is 29.9 Å². The Balaban J connectivity index is 1.45. The van der Waals surface area contributed by atoms with Crippen molar-refractivity contribution in [3.63, 3.8) is 0 Å². The van der Waals surface area contributed by atoms with E-state index in [1.165, 1.54) is 0 Å². The van der Waals surface area contributed by atoms with Crippen LogP contribution in [0.15, 0.2) is 0 Å². The summed E-state index contributed by atoms with van der Waals surface area (Å²) < 4.78 is 5.47. The van der Waals surface area contributed by atoms with E-state index >= 15 is 0 Å². The van der Waals surface area contributed by atoms with Crippen LogP contribution in [0.4, 0.5) is 4.79 Å². The van der Waals surface area contributed by atoms with E-state index in [1.54, 1.807) is 4.90 Å². The lowest BCUT2D eigenvalue weighted by atomic mass is 9.84. The molecule has 8 atom stereocenters. The van der Waals surface area contributed by atoms with Gasteiger partial charge in [0.05, 0.1) is 18.1 Å². The van der Waals surface area contributed by atoms with E-state index in [0.29, 0.717) is 25.4 Å². The summed E-state index contributed by atoms with van der Waals surface area (Å²) in [5, 5.41) is 35.0. The molecule has 1 aliphatic heterocycles. The molecule has 1 heterocycles. The first-order valence-corrected chi connectivity index (χ1v) is 16.9. The molecule has 0 aromatic carbocycles. The van der Waals surface area contributed by atoms with Crippen LogP contribution in [0.25, 0.3) is 0 Å². The fraction of sp³-hybridized carbons (Fsp3) is 0.879. The smallest absolute Gasteiger partial charge is 0.407 e. The summed E-state index contributed by atoms with van der Waals surface area (Å²) in [6, 6.07) is -2.86. The molecule has 0 spiro atoms. The molecule has 4 aliphatic rings. The Morgan fingerprint density at radius 3 is 2.09 bits per heavy atom. The molecule has 1 saturated heterocycles. The van der Waals surface area contributed by atoms with Gasteiger partial charge in [0, 0.05) is 19.1 Å². The molecular formula is C33H58N6O7. The molecule has 0 aromatic rings. The van der Waals surface area contributed by atoms with E-state index in [-0.39, 0.29) is 35.2 Å². The highest BCUT2D eigenvalue weighted by Gasteiger charge is 2.69. The van der Waals surface area contributed by atoms with Gasteiger partial charge in [-0.15, -0.1) is 0 Å². The molecule has 13 nitrogen and oxygen atoms in total. The second-order valence-corrected chi connectivity index (χ2v) is 16.9. The third-order valence-corrected chi connectivity index (χ3v) is 10.6. The number of likely N-dealkylation sites (tertiary alicyclic amines) is 1. The van der Waals surface area contributed by atoms with Crippen LogP contribution in [-0.2, 0) is 19.1 Å². The van der Waals surface area contributed by atoms with Gasteiger partial charge in [0.2, 0.25) is 11.7 Å². The molecular weight excluding hydrogens is 592 g/mol. The number of carbonyl (C=O) groups excluding carboxylic acids is 4. The third-order valence-electron chi connectivity index (χ3n) is 10.6. The first-order valence-electron chi connectivity index (χ1n) is 16.9. The Morgan fingerprint density at radius 2 is 1.57 bits per heavy atom. The van der Waals surface area contributed by atoms with E-state index in [1.807, 2.05) is 41.5 Å². The third kappa shape index (κ3) is 8.97. The number of aliphatic hydroxyl groups excluding tert-OH is 2. The number of aliphatic hydroxyl groups is 2. The molecule has 0 bridgehead atoms. The van der Waals surface area contributed by atoms with Crippen molar-refractivity contribution in [3.05, 3.63) is 0 Å². The van der Waals surface area contributed by atoms with Crippen LogP contribution in [-0.4, -0.2) is 95.2 Å². The number of amides is 3. The number of hydrogen-bond donors (Lipinski definition) is 7. The van der Waals surface area contributed by atoms with Crippen molar-refractivity contribution in [2.75, 3.05) is 19.7 Å². The van der Waals surface area contributed by atoms with Crippen LogP contribution >= 0.6 is 0 Å². The number of primary amides is 1. The van der Waals surface area contributed by atoms with E-state index < -0.39 is 65.9 Å². The summed E-state index contributed by atoms with van der Waals surface area (Å²) >= 11 is 0. The highest BCUT2D eigenvalue weighted by atomic mass is 16.5. The summed E-state index contributed by atoms with van der Waals surface area (Å²) in [5.41, 5.74) is 4.22. The topological polar surface area (TPSA) is 195 Å². The minimum absolute atomic E-state index is 0.0281. The number of nitrogens with two attached hydrogens (primary N) is 1. The van der Waals surface area contributed by atoms with Gasteiger partial charge in [-0.05, 0) is 59.2 Å². The molecule has 4 rings (SSSR count). The number of rotatable bonds is 16. The first kappa shape index (κ1) is 36.5. The number of carbonyl (C=O) groups is 4. The maximum Gasteiger partial charge on any atom is 0.407 e. The quantitative estimate of drug-likeness (QED) is 0.0936. The van der Waals surface area contributed by atoms with Gasteiger partial charge in [-0.25, -0.2) is 4.79 Å². The molecule has 3 amide bonds. The van der Waals surface area contributed by atoms with Gasteiger partial charge < -0.3 is 31.3 Å². The van der Waals surface area contributed by atoms with Gasteiger partial charge in [-0.1, -0.05) is 68.2 Å². The molecule has 13 heteroatoms. The maximum atomic E-state index is 13.9. The van der Waals surface area contributed by atoms with Gasteiger partial charge in [0.1, 0.15) is 12.8 Å². The molecule has 4 fully saturated rings. The Labute approximate surface area is 273 Å². The Bertz CT molecular complexity index is 1140. The minimum Gasteiger partial charge on any atom is -0.448 e. The summed E-state index contributed by atoms with van der Waals surface area (Å²) in [6.07, 6.45) is 1.52. The van der Waals surface area contributed by atoms with Gasteiger partial charge in [0.15, 0.2) is 6.35 Å². The number of ether oxygens (including phenoxy) is 1. The summed E-state index contributed by atoms with van der Waals surface area (Å²) in [4.78, 5) is 52.3. The number of Topliss-reactive ketones (excluding diaryl/α,β-unsaturated/α-hetero) is 1. The summed E-state index contributed by atoms with van der Waals surface area (Å²) in [6.45, 7) is 17.0. The first-order chi connectivity index (χ1) is 21.2. The van der Waals surface area contributed by atoms with E-state index in [4.69, 9.17) is 10.5 Å². The van der Waals surface area contributed by atoms with Gasteiger partial charge >= 0.3 is 6.09 Å². The van der Waals surface area contributed by atoms with E-state index in [0.717, 1.165) is 25.7 Å². The zero-order chi connectivity index (χ0) is 34.4. The van der Waals surface area contributed by atoms with Gasteiger partial charge in [0.25, 0.3) is 5.91 Å². The lowest BCUT2D eigenvalue weighted by Gasteiger charge is -2.44. The van der Waals surface area contributed by atoms with E-state index in [2.05, 4.69) is 35.1 Å². The molecule has 5 unspecified atom stereocenters. The number of hydrogen-bond acceptors (Lipinski definition) is 10. The number of alkyl carbamates (subject to hydrolysis) is 1. The Hall–Kier alpha value is -2.32. The fourth-order valence-corrected chi connectivity index (χ4v) is 6.93. The molecule has 3 aliphatic carbocycles. The van der Waals surface area contributed by atoms with Crippen LogP contribution in [0.5, 0.6) is 0 Å². The number of nitrogens with zero attached hydrogens (tertiary/aromatic N) is 1. The van der Waals surface area contributed by atoms with Gasteiger partial charge in [-0.2, -0.15) is 0 Å². The molecule has 46 heavy (non-hydrogen) atoms. The highest BCUT2D eigenvalue weighted by molar-refractivity contribution is 6.37. The van der Waals surface area contributed by atoms with Crippen LogP contribution in [0.2, 0.25) is 0 Å². The van der Waals surface area contributed by atoms with Crippen molar-refractivity contribution in [3.8, 4) is 0 Å². The summed E-state index contributed by atoms with van der Waals surface area (Å²) in [7, 11) is 0. The van der Waals surface area contributed by atoms with Crippen LogP contribution in [0.3, 0.4) is 0 Å².